The molecule has 5 rings (SSSR count). The van der Waals surface area contributed by atoms with E-state index in [0.717, 1.165) is 17.3 Å². The van der Waals surface area contributed by atoms with E-state index in [0.29, 0.717) is 50.3 Å². The SMILES string of the molecule is CN1CC2(CC(O)C2)Cn2nc3c(c2C1=O)CN(C(=O)Nc1ccc(F)c(C#N)c1)CC3. The molecule has 3 amide bonds. The van der Waals surface area contributed by atoms with Crippen molar-refractivity contribution in [2.75, 3.05) is 25.5 Å². The number of carbonyl (C=O) groups excluding carboxylic acids is 2. The minimum atomic E-state index is -0.643. The van der Waals surface area contributed by atoms with Gasteiger partial charge >= 0.3 is 6.03 Å². The molecule has 1 aromatic carbocycles. The number of urea groups is 1. The zero-order valence-electron chi connectivity index (χ0n) is 17.6. The van der Waals surface area contributed by atoms with E-state index in [1.807, 2.05) is 0 Å². The monoisotopic (exact) mass is 438 g/mol. The standard InChI is InChI=1S/C22H23FN6O3/c1-27-11-22(7-15(30)8-22)12-29-19(20(27)31)16-10-28(5-4-18(16)26-29)21(32)25-14-2-3-17(23)13(6-14)9-24/h2-3,6,15,30H,4-5,7-8,10-12H2,1H3,(H,25,32). The van der Waals surface area contributed by atoms with E-state index in [9.17, 15) is 19.1 Å². The highest BCUT2D eigenvalue weighted by Gasteiger charge is 2.48. The lowest BCUT2D eigenvalue weighted by Crippen LogP contribution is -2.49. The Morgan fingerprint density at radius 3 is 2.88 bits per heavy atom. The summed E-state index contributed by atoms with van der Waals surface area (Å²) in [5.74, 6) is -0.772. The normalized spacial score (nSPS) is 24.3. The molecule has 3 aliphatic rings. The van der Waals surface area contributed by atoms with Gasteiger partial charge in [0, 0.05) is 49.8 Å². The molecule has 0 unspecified atom stereocenters. The van der Waals surface area contributed by atoms with E-state index in [1.54, 1.807) is 27.6 Å². The van der Waals surface area contributed by atoms with Gasteiger partial charge in [-0.1, -0.05) is 0 Å². The summed E-state index contributed by atoms with van der Waals surface area (Å²) in [6.45, 7) is 1.80. The smallest absolute Gasteiger partial charge is 0.322 e. The second-order valence-corrected chi connectivity index (χ2v) is 9.06. The van der Waals surface area contributed by atoms with E-state index in [-0.39, 0.29) is 35.6 Å². The number of nitrogens with one attached hydrogen (secondary N) is 1. The van der Waals surface area contributed by atoms with Gasteiger partial charge < -0.3 is 20.2 Å². The Kier molecular flexibility index (Phi) is 4.67. The molecule has 3 heterocycles. The second kappa shape index (κ2) is 7.31. The first kappa shape index (κ1) is 20.5. The molecule has 32 heavy (non-hydrogen) atoms. The Balaban J connectivity index is 1.39. The number of carbonyl (C=O) groups is 2. The Hall–Kier alpha value is -3.45. The maximum absolute atomic E-state index is 13.6. The third-order valence-corrected chi connectivity index (χ3v) is 6.67. The van der Waals surface area contributed by atoms with Gasteiger partial charge in [0.25, 0.3) is 5.91 Å². The molecule has 166 valence electrons. The fourth-order valence-electron chi connectivity index (χ4n) is 5.17. The molecule has 0 saturated heterocycles. The van der Waals surface area contributed by atoms with Gasteiger partial charge in [0.1, 0.15) is 17.6 Å². The summed E-state index contributed by atoms with van der Waals surface area (Å²) in [6, 6.07) is 5.20. The average Bonchev–Trinajstić information content (AvgIpc) is 3.05. The van der Waals surface area contributed by atoms with Crippen LogP contribution in [0.25, 0.3) is 0 Å². The van der Waals surface area contributed by atoms with Crippen LogP contribution in [-0.4, -0.2) is 62.9 Å². The van der Waals surface area contributed by atoms with E-state index in [4.69, 9.17) is 10.4 Å². The number of hydrogen-bond acceptors (Lipinski definition) is 5. The quantitative estimate of drug-likeness (QED) is 0.704. The molecular weight excluding hydrogens is 415 g/mol. The number of nitrogens with zero attached hydrogens (tertiary/aromatic N) is 5. The molecule has 0 bridgehead atoms. The van der Waals surface area contributed by atoms with Crippen LogP contribution < -0.4 is 5.32 Å². The van der Waals surface area contributed by atoms with E-state index in [2.05, 4.69) is 5.32 Å². The maximum atomic E-state index is 13.6. The van der Waals surface area contributed by atoms with Crippen LogP contribution in [0.2, 0.25) is 0 Å². The third kappa shape index (κ3) is 3.29. The first-order chi connectivity index (χ1) is 15.3. The number of hydrogen-bond donors (Lipinski definition) is 2. The predicted molar refractivity (Wildman–Crippen MR) is 111 cm³/mol. The Morgan fingerprint density at radius 2 is 2.16 bits per heavy atom. The number of benzene rings is 1. The first-order valence-corrected chi connectivity index (χ1v) is 10.6. The van der Waals surface area contributed by atoms with Gasteiger partial charge in [-0.05, 0) is 31.0 Å². The van der Waals surface area contributed by atoms with Gasteiger partial charge in [-0.25, -0.2) is 9.18 Å². The molecule has 9 nitrogen and oxygen atoms in total. The van der Waals surface area contributed by atoms with Crippen LogP contribution in [0.1, 0.15) is 40.2 Å². The Labute approximate surface area is 184 Å². The molecule has 1 saturated carbocycles. The lowest BCUT2D eigenvalue weighted by molar-refractivity contribution is -0.0530. The summed E-state index contributed by atoms with van der Waals surface area (Å²) < 4.78 is 15.3. The lowest BCUT2D eigenvalue weighted by Gasteiger charge is -2.45. The molecule has 10 heteroatoms. The van der Waals surface area contributed by atoms with Crippen molar-refractivity contribution >= 4 is 17.6 Å². The number of amides is 3. The van der Waals surface area contributed by atoms with E-state index in [1.165, 1.54) is 12.1 Å². The Morgan fingerprint density at radius 1 is 1.38 bits per heavy atom. The molecule has 1 spiro atoms. The molecule has 0 radical (unpaired) electrons. The maximum Gasteiger partial charge on any atom is 0.322 e. The number of nitriles is 1. The molecule has 2 aromatic rings. The molecule has 1 fully saturated rings. The van der Waals surface area contributed by atoms with E-state index >= 15 is 0 Å². The number of aliphatic hydroxyl groups excluding tert-OH is 1. The molecule has 2 aliphatic heterocycles. The van der Waals surface area contributed by atoms with Crippen LogP contribution in [0.5, 0.6) is 0 Å². The lowest BCUT2D eigenvalue weighted by atomic mass is 9.66. The van der Waals surface area contributed by atoms with Crippen LogP contribution in [0, 0.1) is 22.6 Å². The van der Waals surface area contributed by atoms with Gasteiger partial charge in [0.15, 0.2) is 0 Å². The van der Waals surface area contributed by atoms with Gasteiger partial charge in [0.05, 0.1) is 23.9 Å². The van der Waals surface area contributed by atoms with Gasteiger partial charge in [0.2, 0.25) is 0 Å². The highest BCUT2D eigenvalue weighted by molar-refractivity contribution is 5.95. The van der Waals surface area contributed by atoms with Gasteiger partial charge in [-0.15, -0.1) is 0 Å². The first-order valence-electron chi connectivity index (χ1n) is 10.6. The van der Waals surface area contributed by atoms with Crippen molar-refractivity contribution in [3.63, 3.8) is 0 Å². The number of halogens is 1. The van der Waals surface area contributed by atoms with E-state index < -0.39 is 5.82 Å². The molecule has 1 aromatic heterocycles. The van der Waals surface area contributed by atoms with Crippen molar-refractivity contribution < 1.29 is 19.1 Å². The highest BCUT2D eigenvalue weighted by atomic mass is 19.1. The number of rotatable bonds is 1. The number of fused-ring (bicyclic) bond motifs is 3. The van der Waals surface area contributed by atoms with Gasteiger partial charge in [-0.3, -0.25) is 9.48 Å². The number of aliphatic hydroxyl groups is 1. The molecule has 0 atom stereocenters. The predicted octanol–water partition coefficient (Wildman–Crippen LogP) is 1.71. The van der Waals surface area contributed by atoms with Crippen molar-refractivity contribution in [3.8, 4) is 6.07 Å². The second-order valence-electron chi connectivity index (χ2n) is 9.06. The third-order valence-electron chi connectivity index (χ3n) is 6.67. The molecular formula is C22H23FN6O3. The number of aromatic nitrogens is 2. The fourth-order valence-corrected chi connectivity index (χ4v) is 5.17. The van der Waals surface area contributed by atoms with Crippen molar-refractivity contribution in [2.45, 2.75) is 38.5 Å². The van der Waals surface area contributed by atoms with Crippen LogP contribution >= 0.6 is 0 Å². The number of anilines is 1. The van der Waals surface area contributed by atoms with Crippen LogP contribution in [0.15, 0.2) is 18.2 Å². The minimum absolute atomic E-state index is 0.128. The summed E-state index contributed by atoms with van der Waals surface area (Å²) in [5, 5.41) is 26.3. The Bertz CT molecular complexity index is 1160. The summed E-state index contributed by atoms with van der Waals surface area (Å²) in [7, 11) is 1.76. The highest BCUT2D eigenvalue weighted by Crippen LogP contribution is 2.45. The zero-order chi connectivity index (χ0) is 22.6. The summed E-state index contributed by atoms with van der Waals surface area (Å²) in [6.07, 6.45) is 1.47. The van der Waals surface area contributed by atoms with Crippen molar-refractivity contribution in [3.05, 3.63) is 46.5 Å². The van der Waals surface area contributed by atoms with Crippen LogP contribution in [-0.2, 0) is 19.5 Å². The zero-order valence-corrected chi connectivity index (χ0v) is 17.6. The minimum Gasteiger partial charge on any atom is -0.393 e. The summed E-state index contributed by atoms with van der Waals surface area (Å²) >= 11 is 0. The largest absolute Gasteiger partial charge is 0.393 e. The topological polar surface area (TPSA) is 114 Å². The summed E-state index contributed by atoms with van der Waals surface area (Å²) in [4.78, 5) is 29.3. The average molecular weight is 438 g/mol. The molecule has 1 aliphatic carbocycles. The van der Waals surface area contributed by atoms with Gasteiger partial charge in [-0.2, -0.15) is 10.4 Å². The summed E-state index contributed by atoms with van der Waals surface area (Å²) in [5.41, 5.74) is 2.09. The van der Waals surface area contributed by atoms with Crippen LogP contribution in [0.3, 0.4) is 0 Å². The van der Waals surface area contributed by atoms with Crippen molar-refractivity contribution in [2.24, 2.45) is 5.41 Å². The van der Waals surface area contributed by atoms with Crippen molar-refractivity contribution in [1.29, 1.82) is 5.26 Å². The fraction of sp³-hybridized carbons (Fsp3) is 0.455. The molecule has 2 N–H and O–H groups in total. The van der Waals surface area contributed by atoms with Crippen molar-refractivity contribution in [1.82, 2.24) is 19.6 Å². The van der Waals surface area contributed by atoms with Crippen LogP contribution in [0.4, 0.5) is 14.9 Å².